The number of hydrogen-bond acceptors (Lipinski definition) is 4. The van der Waals surface area contributed by atoms with Crippen molar-refractivity contribution in [1.82, 2.24) is 5.32 Å². The number of amides is 1. The van der Waals surface area contributed by atoms with Gasteiger partial charge in [0.2, 0.25) is 5.91 Å². The third-order valence-corrected chi connectivity index (χ3v) is 5.06. The lowest BCUT2D eigenvalue weighted by Gasteiger charge is -2.20. The van der Waals surface area contributed by atoms with Gasteiger partial charge in [-0.15, -0.1) is 11.8 Å². The molecule has 0 aliphatic carbocycles. The quantitative estimate of drug-likeness (QED) is 0.707. The Morgan fingerprint density at radius 2 is 1.76 bits per heavy atom. The van der Waals surface area contributed by atoms with Crippen LogP contribution in [0.3, 0.4) is 0 Å². The van der Waals surface area contributed by atoms with E-state index in [0.29, 0.717) is 11.5 Å². The number of methoxy groups -OCH3 is 2. The van der Waals surface area contributed by atoms with E-state index in [1.165, 1.54) is 11.8 Å². The van der Waals surface area contributed by atoms with E-state index < -0.39 is 0 Å². The Bertz CT molecular complexity index is 691. The van der Waals surface area contributed by atoms with Crippen molar-refractivity contribution in [3.8, 4) is 11.5 Å². The van der Waals surface area contributed by atoms with Crippen molar-refractivity contribution in [2.24, 2.45) is 0 Å². The Morgan fingerprint density at radius 3 is 2.36 bits per heavy atom. The minimum Gasteiger partial charge on any atom is -0.493 e. The molecule has 0 aromatic heterocycles. The zero-order valence-corrected chi connectivity index (χ0v) is 15.9. The van der Waals surface area contributed by atoms with Gasteiger partial charge in [0.15, 0.2) is 11.5 Å². The van der Waals surface area contributed by atoms with E-state index in [0.717, 1.165) is 16.9 Å². The fourth-order valence-electron chi connectivity index (χ4n) is 2.54. The summed E-state index contributed by atoms with van der Waals surface area (Å²) in [5, 5.41) is 2.93. The van der Waals surface area contributed by atoms with Gasteiger partial charge in [0.1, 0.15) is 0 Å². The molecular weight excluding hydrogens is 334 g/mol. The predicted molar refractivity (Wildman–Crippen MR) is 102 cm³/mol. The zero-order valence-electron chi connectivity index (χ0n) is 15.1. The van der Waals surface area contributed by atoms with Gasteiger partial charge in [-0.2, -0.15) is 0 Å². The van der Waals surface area contributed by atoms with Crippen molar-refractivity contribution in [2.45, 2.75) is 36.5 Å². The van der Waals surface area contributed by atoms with Crippen molar-refractivity contribution >= 4 is 17.7 Å². The Balaban J connectivity index is 2.02. The van der Waals surface area contributed by atoms with Crippen molar-refractivity contribution in [2.75, 3.05) is 14.2 Å². The van der Waals surface area contributed by atoms with Crippen LogP contribution in [0.4, 0.5) is 0 Å². The van der Waals surface area contributed by atoms with Crippen LogP contribution in [0, 0.1) is 0 Å². The van der Waals surface area contributed by atoms with E-state index in [4.69, 9.17) is 9.47 Å². The highest BCUT2D eigenvalue weighted by molar-refractivity contribution is 8.00. The molecule has 0 spiro atoms. The first-order chi connectivity index (χ1) is 12.1. The molecule has 0 aliphatic heterocycles. The first-order valence-corrected chi connectivity index (χ1v) is 9.21. The van der Waals surface area contributed by atoms with Gasteiger partial charge < -0.3 is 14.8 Å². The molecule has 25 heavy (non-hydrogen) atoms. The summed E-state index contributed by atoms with van der Waals surface area (Å²) in [7, 11) is 3.21. The van der Waals surface area contributed by atoms with Crippen molar-refractivity contribution in [3.63, 3.8) is 0 Å². The molecule has 0 unspecified atom stereocenters. The van der Waals surface area contributed by atoms with Gasteiger partial charge in [-0.05, 0) is 37.1 Å². The molecule has 0 saturated carbocycles. The number of hydrogen-bond donors (Lipinski definition) is 1. The van der Waals surface area contributed by atoms with Gasteiger partial charge in [0.25, 0.3) is 0 Å². The monoisotopic (exact) mass is 359 g/mol. The highest BCUT2D eigenvalue weighted by atomic mass is 32.2. The molecule has 0 saturated heterocycles. The summed E-state index contributed by atoms with van der Waals surface area (Å²) in [6.45, 7) is 3.98. The topological polar surface area (TPSA) is 47.6 Å². The SMILES string of the molecule is CC[C@H](NC(=O)[C@@H](C)Sc1ccc(OC)c(OC)c1)c1ccccc1. The minimum absolute atomic E-state index is 0.0236. The lowest BCUT2D eigenvalue weighted by atomic mass is 10.0. The second kappa shape index (κ2) is 9.37. The van der Waals surface area contributed by atoms with E-state index in [2.05, 4.69) is 12.2 Å². The maximum atomic E-state index is 12.6. The molecule has 134 valence electrons. The minimum atomic E-state index is -0.212. The van der Waals surface area contributed by atoms with E-state index in [1.807, 2.05) is 55.5 Å². The Kier molecular flexibility index (Phi) is 7.19. The number of thioether (sulfide) groups is 1. The van der Waals surface area contributed by atoms with Crippen LogP contribution in [0.5, 0.6) is 11.5 Å². The van der Waals surface area contributed by atoms with E-state index in [-0.39, 0.29) is 17.2 Å². The third kappa shape index (κ3) is 5.16. The predicted octanol–water partition coefficient (Wildman–Crippen LogP) is 4.45. The van der Waals surface area contributed by atoms with Crippen LogP contribution in [0.25, 0.3) is 0 Å². The van der Waals surface area contributed by atoms with Gasteiger partial charge in [-0.1, -0.05) is 37.3 Å². The molecule has 0 aliphatic rings. The lowest BCUT2D eigenvalue weighted by molar-refractivity contribution is -0.121. The van der Waals surface area contributed by atoms with Crippen molar-refractivity contribution in [1.29, 1.82) is 0 Å². The van der Waals surface area contributed by atoms with Crippen LogP contribution >= 0.6 is 11.8 Å². The normalized spacial score (nSPS) is 13.0. The molecule has 0 bridgehead atoms. The summed E-state index contributed by atoms with van der Waals surface area (Å²) in [6, 6.07) is 15.8. The van der Waals surface area contributed by atoms with Crippen LogP contribution in [0.2, 0.25) is 0 Å². The molecule has 4 nitrogen and oxygen atoms in total. The van der Waals surface area contributed by atoms with Crippen LogP contribution in [0.15, 0.2) is 53.4 Å². The number of rotatable bonds is 8. The second-order valence-corrected chi connectivity index (χ2v) is 7.07. The van der Waals surface area contributed by atoms with E-state index in [1.54, 1.807) is 14.2 Å². The molecule has 2 aromatic rings. The average Bonchev–Trinajstić information content (AvgIpc) is 2.66. The number of ether oxygens (including phenoxy) is 2. The highest BCUT2D eigenvalue weighted by Crippen LogP contribution is 2.33. The fraction of sp³-hybridized carbons (Fsp3) is 0.350. The summed E-state index contributed by atoms with van der Waals surface area (Å²) < 4.78 is 10.6. The Labute approximate surface area is 153 Å². The standard InChI is InChI=1S/C20H25NO3S/c1-5-17(15-9-7-6-8-10-15)21-20(22)14(2)25-16-11-12-18(23-3)19(13-16)24-4/h6-14,17H,5H2,1-4H3,(H,21,22)/t14-,17+/m1/s1. The molecule has 1 N–H and O–H groups in total. The van der Waals surface area contributed by atoms with Gasteiger partial charge in [-0.3, -0.25) is 4.79 Å². The number of carbonyl (C=O) groups excluding carboxylic acids is 1. The van der Waals surface area contributed by atoms with Gasteiger partial charge in [0, 0.05) is 4.90 Å². The summed E-state index contributed by atoms with van der Waals surface area (Å²) >= 11 is 1.50. The first kappa shape index (κ1) is 19.2. The average molecular weight is 359 g/mol. The van der Waals surface area contributed by atoms with E-state index in [9.17, 15) is 4.79 Å². The molecule has 0 radical (unpaired) electrons. The third-order valence-electron chi connectivity index (χ3n) is 3.96. The Hall–Kier alpha value is -2.14. The highest BCUT2D eigenvalue weighted by Gasteiger charge is 2.19. The largest absolute Gasteiger partial charge is 0.493 e. The second-order valence-electron chi connectivity index (χ2n) is 5.66. The molecular formula is C20H25NO3S. The van der Waals surface area contributed by atoms with Gasteiger partial charge >= 0.3 is 0 Å². The summed E-state index contributed by atoms with van der Waals surface area (Å²) in [5.74, 6) is 1.37. The molecule has 2 aromatic carbocycles. The van der Waals surface area contributed by atoms with Gasteiger partial charge in [-0.25, -0.2) is 0 Å². The lowest BCUT2D eigenvalue weighted by Crippen LogP contribution is -2.34. The molecule has 1 amide bonds. The first-order valence-electron chi connectivity index (χ1n) is 8.33. The Morgan fingerprint density at radius 1 is 1.08 bits per heavy atom. The molecule has 5 heteroatoms. The number of nitrogens with one attached hydrogen (secondary N) is 1. The molecule has 0 fully saturated rings. The molecule has 0 heterocycles. The van der Waals surface area contributed by atoms with Crippen molar-refractivity contribution < 1.29 is 14.3 Å². The number of benzene rings is 2. The number of carbonyl (C=O) groups is 1. The maximum absolute atomic E-state index is 12.6. The fourth-order valence-corrected chi connectivity index (χ4v) is 3.45. The van der Waals surface area contributed by atoms with Crippen molar-refractivity contribution in [3.05, 3.63) is 54.1 Å². The van der Waals surface area contributed by atoms with Crippen LogP contribution in [-0.4, -0.2) is 25.4 Å². The summed E-state index contributed by atoms with van der Waals surface area (Å²) in [6.07, 6.45) is 0.851. The molecule has 2 atom stereocenters. The van der Waals surface area contributed by atoms with Crippen LogP contribution < -0.4 is 14.8 Å². The van der Waals surface area contributed by atoms with E-state index >= 15 is 0 Å². The zero-order chi connectivity index (χ0) is 18.2. The van der Waals surface area contributed by atoms with Crippen LogP contribution in [0.1, 0.15) is 31.9 Å². The van der Waals surface area contributed by atoms with Crippen LogP contribution in [-0.2, 0) is 4.79 Å². The summed E-state index contributed by atoms with van der Waals surface area (Å²) in [5.41, 5.74) is 1.13. The van der Waals surface area contributed by atoms with Gasteiger partial charge in [0.05, 0.1) is 25.5 Å². The summed E-state index contributed by atoms with van der Waals surface area (Å²) in [4.78, 5) is 13.5. The maximum Gasteiger partial charge on any atom is 0.233 e. The molecule has 2 rings (SSSR count). The smallest absolute Gasteiger partial charge is 0.233 e.